The molecule has 0 aliphatic rings. The van der Waals surface area contributed by atoms with Gasteiger partial charge in [0.25, 0.3) is 6.04 Å². The molecule has 0 spiro atoms. The van der Waals surface area contributed by atoms with Gasteiger partial charge < -0.3 is 0 Å². The molecule has 0 saturated heterocycles. The number of benzene rings is 1. The van der Waals surface area contributed by atoms with Crippen LogP contribution >= 0.6 is 0 Å². The fourth-order valence-corrected chi connectivity index (χ4v) is 1.06. The Bertz CT molecular complexity index is 359. The number of ketones is 1. The third-order valence-corrected chi connectivity index (χ3v) is 1.78. The van der Waals surface area contributed by atoms with Crippen LogP contribution in [0.4, 0.5) is 0 Å². The largest absolute Gasteiger partial charge is 0.292 e. The minimum Gasteiger partial charge on any atom is -0.286 e. The molecule has 0 heterocycles. The summed E-state index contributed by atoms with van der Waals surface area (Å²) in [7, 11) is 0. The van der Waals surface area contributed by atoms with Crippen LogP contribution in [-0.4, -0.2) is 16.7 Å². The molecule has 0 bridgehead atoms. The smallest absolute Gasteiger partial charge is 0.286 e. The van der Waals surface area contributed by atoms with Crippen molar-refractivity contribution < 1.29 is 9.72 Å². The number of nitrogens with zero attached hydrogens (tertiary/aromatic N) is 1. The quantitative estimate of drug-likeness (QED) is 0.315. The maximum absolute atomic E-state index is 11.5. The van der Waals surface area contributed by atoms with Crippen molar-refractivity contribution in [3.8, 4) is 0 Å². The molecular weight excluding hydrogens is 182 g/mol. The summed E-state index contributed by atoms with van der Waals surface area (Å²) in [5, 5.41) is 10.5. The van der Waals surface area contributed by atoms with Crippen LogP contribution in [0.25, 0.3) is 0 Å². The summed E-state index contributed by atoms with van der Waals surface area (Å²) in [6, 6.07) is 6.80. The molecule has 0 aromatic heterocycles. The Kier molecular flexibility index (Phi) is 3.12. The van der Waals surface area contributed by atoms with Crippen molar-refractivity contribution in [2.45, 2.75) is 6.04 Å². The van der Waals surface area contributed by atoms with Crippen molar-refractivity contribution in [2.75, 3.05) is 0 Å². The zero-order valence-corrected chi connectivity index (χ0v) is 7.42. The second kappa shape index (κ2) is 4.32. The van der Waals surface area contributed by atoms with Crippen LogP contribution in [0.2, 0.25) is 0 Å². The number of hydrogen-bond donors (Lipinski definition) is 0. The molecule has 0 saturated carbocycles. The molecule has 0 N–H and O–H groups in total. The van der Waals surface area contributed by atoms with Crippen LogP contribution in [0.15, 0.2) is 43.0 Å². The first-order valence-corrected chi connectivity index (χ1v) is 4.02. The number of nitro groups is 1. The first kappa shape index (κ1) is 10.1. The van der Waals surface area contributed by atoms with E-state index in [1.54, 1.807) is 30.3 Å². The van der Waals surface area contributed by atoms with Crippen molar-refractivity contribution in [1.82, 2.24) is 0 Å². The van der Waals surface area contributed by atoms with Gasteiger partial charge in [-0.3, -0.25) is 14.9 Å². The summed E-state index contributed by atoms with van der Waals surface area (Å²) in [5.74, 6) is -0.536. The Hall–Kier alpha value is -1.97. The topological polar surface area (TPSA) is 60.2 Å². The predicted octanol–water partition coefficient (Wildman–Crippen LogP) is 1.70. The highest BCUT2D eigenvalue weighted by molar-refractivity contribution is 6.00. The fourth-order valence-electron chi connectivity index (χ4n) is 1.06. The summed E-state index contributed by atoms with van der Waals surface area (Å²) < 4.78 is 0. The zero-order valence-electron chi connectivity index (χ0n) is 7.42. The monoisotopic (exact) mass is 191 g/mol. The normalized spacial score (nSPS) is 11.7. The van der Waals surface area contributed by atoms with Crippen LogP contribution in [-0.2, 0) is 0 Å². The fraction of sp³-hybridized carbons (Fsp3) is 0.100. The molecule has 0 fully saturated rings. The van der Waals surface area contributed by atoms with Crippen molar-refractivity contribution in [1.29, 1.82) is 0 Å². The molecule has 1 rings (SSSR count). The number of rotatable bonds is 4. The Morgan fingerprint density at radius 2 is 2.00 bits per heavy atom. The average molecular weight is 191 g/mol. The summed E-state index contributed by atoms with van der Waals surface area (Å²) in [4.78, 5) is 21.3. The van der Waals surface area contributed by atoms with E-state index in [1.165, 1.54) is 0 Å². The number of Topliss-reactive ketones (excluding diaryl/α,β-unsaturated/α-hetero) is 1. The maximum atomic E-state index is 11.5. The molecule has 1 aromatic rings. The first-order valence-electron chi connectivity index (χ1n) is 4.02. The summed E-state index contributed by atoms with van der Waals surface area (Å²) in [6.07, 6.45) is 1.04. The van der Waals surface area contributed by atoms with Crippen molar-refractivity contribution in [3.05, 3.63) is 58.7 Å². The molecule has 0 amide bonds. The predicted molar refractivity (Wildman–Crippen MR) is 51.8 cm³/mol. The minimum atomic E-state index is -1.35. The summed E-state index contributed by atoms with van der Waals surface area (Å²) in [5.41, 5.74) is 0.328. The van der Waals surface area contributed by atoms with Gasteiger partial charge in [0.2, 0.25) is 5.78 Å². The van der Waals surface area contributed by atoms with Crippen molar-refractivity contribution in [3.63, 3.8) is 0 Å². The van der Waals surface area contributed by atoms with E-state index in [0.717, 1.165) is 6.08 Å². The maximum Gasteiger partial charge on any atom is 0.292 e. The Balaban J connectivity index is 2.95. The number of carbonyl (C=O) groups excluding carboxylic acids is 1. The molecule has 0 aliphatic heterocycles. The molecule has 1 aromatic carbocycles. The van der Waals surface area contributed by atoms with Gasteiger partial charge in [0.1, 0.15) is 0 Å². The van der Waals surface area contributed by atoms with Crippen LogP contribution in [0, 0.1) is 10.1 Å². The Morgan fingerprint density at radius 1 is 1.43 bits per heavy atom. The molecular formula is C10H9NO3. The summed E-state index contributed by atoms with van der Waals surface area (Å²) in [6.45, 7) is 3.27. The third-order valence-electron chi connectivity index (χ3n) is 1.78. The Morgan fingerprint density at radius 3 is 2.43 bits per heavy atom. The van der Waals surface area contributed by atoms with Gasteiger partial charge in [0.05, 0.1) is 0 Å². The molecule has 4 heteroatoms. The molecule has 14 heavy (non-hydrogen) atoms. The van der Waals surface area contributed by atoms with Gasteiger partial charge in [0.15, 0.2) is 0 Å². The first-order chi connectivity index (χ1) is 6.66. The van der Waals surface area contributed by atoms with E-state index < -0.39 is 16.7 Å². The van der Waals surface area contributed by atoms with E-state index >= 15 is 0 Å². The average Bonchev–Trinajstić information content (AvgIpc) is 2.19. The Labute approximate surface area is 81.0 Å². The van der Waals surface area contributed by atoms with Gasteiger partial charge in [-0.2, -0.15) is 0 Å². The molecule has 1 unspecified atom stereocenters. The molecule has 1 atom stereocenters. The van der Waals surface area contributed by atoms with Gasteiger partial charge in [-0.05, 0) is 6.08 Å². The van der Waals surface area contributed by atoms with Gasteiger partial charge in [-0.1, -0.05) is 36.9 Å². The highest BCUT2D eigenvalue weighted by Gasteiger charge is 2.26. The highest BCUT2D eigenvalue weighted by Crippen LogP contribution is 2.06. The highest BCUT2D eigenvalue weighted by atomic mass is 16.6. The van der Waals surface area contributed by atoms with E-state index in [9.17, 15) is 14.9 Å². The van der Waals surface area contributed by atoms with E-state index in [4.69, 9.17) is 0 Å². The second-order valence-electron chi connectivity index (χ2n) is 2.70. The van der Waals surface area contributed by atoms with Gasteiger partial charge in [-0.15, -0.1) is 0 Å². The van der Waals surface area contributed by atoms with Gasteiger partial charge in [0, 0.05) is 10.5 Å². The van der Waals surface area contributed by atoms with E-state index in [-0.39, 0.29) is 0 Å². The van der Waals surface area contributed by atoms with Crippen LogP contribution in [0.1, 0.15) is 10.4 Å². The van der Waals surface area contributed by atoms with Gasteiger partial charge >= 0.3 is 0 Å². The minimum absolute atomic E-state index is 0.328. The molecule has 72 valence electrons. The lowest BCUT2D eigenvalue weighted by Gasteiger charge is -2.02. The van der Waals surface area contributed by atoms with Crippen molar-refractivity contribution in [2.24, 2.45) is 0 Å². The van der Waals surface area contributed by atoms with Crippen molar-refractivity contribution >= 4 is 5.78 Å². The van der Waals surface area contributed by atoms with Gasteiger partial charge in [-0.25, -0.2) is 0 Å². The van der Waals surface area contributed by atoms with E-state index in [0.29, 0.717) is 5.56 Å². The number of hydrogen-bond acceptors (Lipinski definition) is 3. The summed E-state index contributed by atoms with van der Waals surface area (Å²) >= 11 is 0. The number of carbonyl (C=O) groups is 1. The van der Waals surface area contributed by atoms with Crippen LogP contribution in [0.5, 0.6) is 0 Å². The lowest BCUT2D eigenvalue weighted by molar-refractivity contribution is -0.492. The van der Waals surface area contributed by atoms with E-state index in [2.05, 4.69) is 6.58 Å². The van der Waals surface area contributed by atoms with E-state index in [1.807, 2.05) is 0 Å². The lowest BCUT2D eigenvalue weighted by Crippen LogP contribution is -2.27. The lowest BCUT2D eigenvalue weighted by atomic mass is 10.1. The molecule has 0 aliphatic carbocycles. The zero-order chi connectivity index (χ0) is 10.6. The molecule has 0 radical (unpaired) electrons. The second-order valence-corrected chi connectivity index (χ2v) is 2.70. The third kappa shape index (κ3) is 2.04. The SMILES string of the molecule is C=CC(C(=O)c1ccccc1)[N+](=O)[O-]. The van der Waals surface area contributed by atoms with Crippen LogP contribution < -0.4 is 0 Å². The molecule has 4 nitrogen and oxygen atoms in total. The van der Waals surface area contributed by atoms with Crippen LogP contribution in [0.3, 0.4) is 0 Å². The standard InChI is InChI=1S/C10H9NO3/c1-2-9(11(13)14)10(12)8-6-4-3-5-7-8/h2-7,9H,1H2.